The van der Waals surface area contributed by atoms with Gasteiger partial charge in [0.05, 0.1) is 11.3 Å². The maximum Gasteiger partial charge on any atom is 0.335 e. The van der Waals surface area contributed by atoms with Gasteiger partial charge in [0.15, 0.2) is 6.61 Å². The Kier molecular flexibility index (Phi) is 6.85. The van der Waals surface area contributed by atoms with Crippen LogP contribution in [0.5, 0.6) is 5.75 Å². The third-order valence-corrected chi connectivity index (χ3v) is 4.68. The fourth-order valence-corrected chi connectivity index (χ4v) is 2.96. The van der Waals surface area contributed by atoms with Crippen molar-refractivity contribution >= 4 is 29.3 Å². The Balaban J connectivity index is 1.46. The Bertz CT molecular complexity index is 988. The van der Waals surface area contributed by atoms with Gasteiger partial charge in [-0.1, -0.05) is 36.9 Å². The molecule has 0 spiro atoms. The number of thioether (sulfide) groups is 1. The standard InChI is InChI=1S/C20H19N3O5S/c1-2-13-6-8-16(9-7-13)27-11-18-22-23-20(28-18)29-12-17(24)21-15-5-3-4-14(10-15)19(25)26/h3-10H,2,11-12H2,1H3,(H,21,24)(H,25,26). The highest BCUT2D eigenvalue weighted by Crippen LogP contribution is 2.19. The van der Waals surface area contributed by atoms with E-state index in [1.165, 1.54) is 17.7 Å². The molecule has 3 rings (SSSR count). The molecule has 150 valence electrons. The molecule has 0 aliphatic heterocycles. The number of rotatable bonds is 9. The zero-order chi connectivity index (χ0) is 20.6. The van der Waals surface area contributed by atoms with Gasteiger partial charge in [0.1, 0.15) is 5.75 Å². The highest BCUT2D eigenvalue weighted by atomic mass is 32.2. The lowest BCUT2D eigenvalue weighted by atomic mass is 10.2. The molecular formula is C20H19N3O5S. The molecule has 0 aliphatic rings. The van der Waals surface area contributed by atoms with Gasteiger partial charge in [-0.3, -0.25) is 4.79 Å². The monoisotopic (exact) mass is 413 g/mol. The van der Waals surface area contributed by atoms with Crippen molar-refractivity contribution < 1.29 is 23.8 Å². The summed E-state index contributed by atoms with van der Waals surface area (Å²) in [6, 6.07) is 13.8. The predicted molar refractivity (Wildman–Crippen MR) is 107 cm³/mol. The molecule has 1 amide bonds. The van der Waals surface area contributed by atoms with Crippen LogP contribution in [0.25, 0.3) is 0 Å². The van der Waals surface area contributed by atoms with E-state index in [-0.39, 0.29) is 29.1 Å². The molecule has 29 heavy (non-hydrogen) atoms. The first kappa shape index (κ1) is 20.4. The molecule has 9 heteroatoms. The van der Waals surface area contributed by atoms with E-state index in [0.717, 1.165) is 18.2 Å². The summed E-state index contributed by atoms with van der Waals surface area (Å²) in [5, 5.41) is 19.6. The van der Waals surface area contributed by atoms with Crippen molar-refractivity contribution in [3.05, 3.63) is 65.5 Å². The molecule has 0 radical (unpaired) electrons. The number of ether oxygens (including phenoxy) is 1. The molecule has 2 aromatic carbocycles. The number of nitrogens with zero attached hydrogens (tertiary/aromatic N) is 2. The van der Waals surface area contributed by atoms with E-state index >= 15 is 0 Å². The van der Waals surface area contributed by atoms with Crippen LogP contribution in [-0.2, 0) is 17.8 Å². The van der Waals surface area contributed by atoms with Crippen molar-refractivity contribution in [1.82, 2.24) is 10.2 Å². The maximum atomic E-state index is 12.0. The molecule has 3 aromatic rings. The molecule has 0 atom stereocenters. The van der Waals surface area contributed by atoms with E-state index in [9.17, 15) is 9.59 Å². The molecule has 0 aliphatic carbocycles. The summed E-state index contributed by atoms with van der Waals surface area (Å²) >= 11 is 1.08. The highest BCUT2D eigenvalue weighted by Gasteiger charge is 2.11. The van der Waals surface area contributed by atoms with Gasteiger partial charge in [-0.05, 0) is 42.3 Å². The first-order valence-electron chi connectivity index (χ1n) is 8.83. The van der Waals surface area contributed by atoms with Gasteiger partial charge >= 0.3 is 5.97 Å². The van der Waals surface area contributed by atoms with E-state index in [4.69, 9.17) is 14.3 Å². The first-order chi connectivity index (χ1) is 14.0. The van der Waals surface area contributed by atoms with Gasteiger partial charge < -0.3 is 19.6 Å². The smallest absolute Gasteiger partial charge is 0.335 e. The number of benzene rings is 2. The number of aryl methyl sites for hydroxylation is 1. The zero-order valence-corrected chi connectivity index (χ0v) is 16.4. The highest BCUT2D eigenvalue weighted by molar-refractivity contribution is 7.99. The molecule has 8 nitrogen and oxygen atoms in total. The van der Waals surface area contributed by atoms with Crippen LogP contribution in [0.1, 0.15) is 28.7 Å². The molecule has 0 saturated heterocycles. The molecule has 0 fully saturated rings. The average Bonchev–Trinajstić information content (AvgIpc) is 3.19. The Labute approximate surface area is 171 Å². The third kappa shape index (κ3) is 6.08. The summed E-state index contributed by atoms with van der Waals surface area (Å²) < 4.78 is 11.1. The van der Waals surface area contributed by atoms with E-state index < -0.39 is 5.97 Å². The molecule has 0 unspecified atom stereocenters. The van der Waals surface area contributed by atoms with Crippen molar-refractivity contribution in [2.24, 2.45) is 0 Å². The summed E-state index contributed by atoms with van der Waals surface area (Å²) in [7, 11) is 0. The Morgan fingerprint density at radius 3 is 2.69 bits per heavy atom. The summed E-state index contributed by atoms with van der Waals surface area (Å²) in [5.74, 6) is -0.320. The maximum absolute atomic E-state index is 12.0. The number of carboxylic acids is 1. The summed E-state index contributed by atoms with van der Waals surface area (Å²) in [4.78, 5) is 23.0. The number of hydrogen-bond acceptors (Lipinski definition) is 7. The second-order valence-corrected chi connectivity index (χ2v) is 6.90. The van der Waals surface area contributed by atoms with Crippen LogP contribution in [-0.4, -0.2) is 32.9 Å². The lowest BCUT2D eigenvalue weighted by Gasteiger charge is -2.05. The molecule has 0 bridgehead atoms. The Morgan fingerprint density at radius 1 is 1.17 bits per heavy atom. The minimum atomic E-state index is -1.06. The fourth-order valence-electron chi connectivity index (χ4n) is 2.38. The van der Waals surface area contributed by atoms with Crippen LogP contribution in [0.15, 0.2) is 58.2 Å². The number of nitrogens with one attached hydrogen (secondary N) is 1. The Hall–Kier alpha value is -3.33. The number of carboxylic acid groups (broad SMARTS) is 1. The van der Waals surface area contributed by atoms with Crippen LogP contribution >= 0.6 is 11.8 Å². The second kappa shape index (κ2) is 9.74. The van der Waals surface area contributed by atoms with Crippen molar-refractivity contribution in [3.8, 4) is 5.75 Å². The van der Waals surface area contributed by atoms with E-state index in [0.29, 0.717) is 17.3 Å². The van der Waals surface area contributed by atoms with Gasteiger partial charge in [-0.15, -0.1) is 10.2 Å². The molecular weight excluding hydrogens is 394 g/mol. The number of hydrogen-bond donors (Lipinski definition) is 2. The van der Waals surface area contributed by atoms with Crippen molar-refractivity contribution in [2.75, 3.05) is 11.1 Å². The van der Waals surface area contributed by atoms with E-state index in [1.807, 2.05) is 24.3 Å². The fraction of sp³-hybridized carbons (Fsp3) is 0.200. The third-order valence-electron chi connectivity index (χ3n) is 3.86. The number of aromatic nitrogens is 2. The summed E-state index contributed by atoms with van der Waals surface area (Å²) in [5.41, 5.74) is 1.73. The minimum absolute atomic E-state index is 0.0399. The Morgan fingerprint density at radius 2 is 1.97 bits per heavy atom. The normalized spacial score (nSPS) is 10.5. The van der Waals surface area contributed by atoms with Gasteiger partial charge in [-0.2, -0.15) is 0 Å². The van der Waals surface area contributed by atoms with Crippen LogP contribution in [0, 0.1) is 0 Å². The van der Waals surface area contributed by atoms with Gasteiger partial charge in [0, 0.05) is 5.69 Å². The SMILES string of the molecule is CCc1ccc(OCc2nnc(SCC(=O)Nc3cccc(C(=O)O)c3)o2)cc1. The van der Waals surface area contributed by atoms with Gasteiger partial charge in [-0.25, -0.2) is 4.79 Å². The lowest BCUT2D eigenvalue weighted by Crippen LogP contribution is -2.14. The average molecular weight is 413 g/mol. The predicted octanol–water partition coefficient (Wildman–Crippen LogP) is 3.64. The zero-order valence-electron chi connectivity index (χ0n) is 15.6. The minimum Gasteiger partial charge on any atom is -0.484 e. The van der Waals surface area contributed by atoms with Gasteiger partial charge in [0.25, 0.3) is 11.1 Å². The van der Waals surface area contributed by atoms with Crippen LogP contribution < -0.4 is 10.1 Å². The topological polar surface area (TPSA) is 115 Å². The quantitative estimate of drug-likeness (QED) is 0.511. The van der Waals surface area contributed by atoms with Crippen molar-refractivity contribution in [3.63, 3.8) is 0 Å². The molecule has 1 aromatic heterocycles. The van der Waals surface area contributed by atoms with Crippen molar-refractivity contribution in [1.29, 1.82) is 0 Å². The number of amides is 1. The van der Waals surface area contributed by atoms with Crippen LogP contribution in [0.4, 0.5) is 5.69 Å². The molecule has 1 heterocycles. The summed E-state index contributed by atoms with van der Waals surface area (Å²) in [6.45, 7) is 2.22. The van der Waals surface area contributed by atoms with E-state index in [2.05, 4.69) is 22.4 Å². The summed E-state index contributed by atoms with van der Waals surface area (Å²) in [6.07, 6.45) is 0.961. The largest absolute Gasteiger partial charge is 0.484 e. The first-order valence-corrected chi connectivity index (χ1v) is 9.82. The number of anilines is 1. The number of carbonyl (C=O) groups is 2. The van der Waals surface area contributed by atoms with Gasteiger partial charge in [0.2, 0.25) is 5.91 Å². The second-order valence-electron chi connectivity index (χ2n) is 5.97. The lowest BCUT2D eigenvalue weighted by molar-refractivity contribution is -0.113. The molecule has 2 N–H and O–H groups in total. The number of aromatic carboxylic acids is 1. The van der Waals surface area contributed by atoms with Crippen LogP contribution in [0.3, 0.4) is 0 Å². The number of carbonyl (C=O) groups excluding carboxylic acids is 1. The van der Waals surface area contributed by atoms with E-state index in [1.54, 1.807) is 12.1 Å². The molecule has 0 saturated carbocycles. The van der Waals surface area contributed by atoms with Crippen LogP contribution in [0.2, 0.25) is 0 Å². The van der Waals surface area contributed by atoms with Crippen molar-refractivity contribution in [2.45, 2.75) is 25.2 Å².